The predicted octanol–water partition coefficient (Wildman–Crippen LogP) is 15.7. The van der Waals surface area contributed by atoms with E-state index < -0.39 is 0 Å². The Morgan fingerprint density at radius 1 is 0.203 bits per heavy atom. The van der Waals surface area contributed by atoms with Crippen LogP contribution in [-0.4, -0.2) is 18.3 Å². The summed E-state index contributed by atoms with van der Waals surface area (Å²) in [4.78, 5) is 0. The highest BCUT2D eigenvalue weighted by atomic mass is 15.0. The minimum atomic E-state index is 1.13. The van der Waals surface area contributed by atoms with Crippen LogP contribution in [-0.2, 0) is 0 Å². The third-order valence-corrected chi connectivity index (χ3v) is 13.5. The number of para-hydroxylation sites is 6. The van der Waals surface area contributed by atoms with Crippen molar-refractivity contribution in [1.29, 1.82) is 0 Å². The lowest BCUT2D eigenvalue weighted by atomic mass is 10.0. The third kappa shape index (κ3) is 4.88. The second kappa shape index (κ2) is 13.4. The summed E-state index contributed by atoms with van der Waals surface area (Å²) in [5.74, 6) is 0. The van der Waals surface area contributed by atoms with E-state index in [0.29, 0.717) is 0 Å². The molecule has 14 rings (SSSR count). The first-order valence-corrected chi connectivity index (χ1v) is 22.0. The number of benzene rings is 10. The fourth-order valence-electron chi connectivity index (χ4n) is 10.9. The molecule has 0 fully saturated rings. The number of aromatic nitrogens is 4. The van der Waals surface area contributed by atoms with Gasteiger partial charge in [0.15, 0.2) is 0 Å². The van der Waals surface area contributed by atoms with Crippen LogP contribution in [0.3, 0.4) is 0 Å². The van der Waals surface area contributed by atoms with Crippen LogP contribution in [0.25, 0.3) is 121 Å². The van der Waals surface area contributed by atoms with E-state index in [1.54, 1.807) is 0 Å². The Bertz CT molecular complexity index is 3830. The molecule has 4 heterocycles. The van der Waals surface area contributed by atoms with Gasteiger partial charge in [-0.3, -0.25) is 0 Å². The summed E-state index contributed by atoms with van der Waals surface area (Å²) in [6.45, 7) is 0. The lowest BCUT2D eigenvalue weighted by Crippen LogP contribution is -1.97. The molecule has 0 amide bonds. The van der Waals surface area contributed by atoms with Crippen LogP contribution in [0, 0.1) is 0 Å². The number of hydrogen-bond donors (Lipinski definition) is 0. The zero-order valence-electron chi connectivity index (χ0n) is 34.7. The molecule has 0 aliphatic rings. The summed E-state index contributed by atoms with van der Waals surface area (Å²) in [6, 6.07) is 84.4. The third-order valence-electron chi connectivity index (χ3n) is 13.5. The van der Waals surface area contributed by atoms with Crippen molar-refractivity contribution in [2.45, 2.75) is 0 Å². The first-order chi connectivity index (χ1) is 31.8. The molecule has 298 valence electrons. The van der Waals surface area contributed by atoms with Crippen molar-refractivity contribution >= 4 is 87.2 Å². The quantitative estimate of drug-likeness (QED) is 0.165. The van der Waals surface area contributed by atoms with Crippen molar-refractivity contribution in [1.82, 2.24) is 18.3 Å². The maximum atomic E-state index is 2.45. The molecule has 0 aliphatic carbocycles. The summed E-state index contributed by atoms with van der Waals surface area (Å²) in [7, 11) is 0. The first-order valence-electron chi connectivity index (χ1n) is 22.0. The Kier molecular flexibility index (Phi) is 7.36. The summed E-state index contributed by atoms with van der Waals surface area (Å²) in [6.07, 6.45) is 0. The molecule has 0 bridgehead atoms. The number of fused-ring (bicyclic) bond motifs is 12. The van der Waals surface area contributed by atoms with Gasteiger partial charge < -0.3 is 18.3 Å². The van der Waals surface area contributed by atoms with Crippen molar-refractivity contribution in [2.75, 3.05) is 0 Å². The summed E-state index contributed by atoms with van der Waals surface area (Å²) < 4.78 is 9.79. The lowest BCUT2D eigenvalue weighted by Gasteiger charge is -2.14. The topological polar surface area (TPSA) is 19.7 Å². The van der Waals surface area contributed by atoms with E-state index in [1.807, 2.05) is 0 Å². The van der Waals surface area contributed by atoms with Gasteiger partial charge in [-0.05, 0) is 96.1 Å². The van der Waals surface area contributed by atoms with Gasteiger partial charge in [0.05, 0.1) is 55.5 Å². The Labute approximate surface area is 368 Å². The predicted molar refractivity (Wildman–Crippen MR) is 269 cm³/mol. The molecule has 0 radical (unpaired) electrons. The average Bonchev–Trinajstić information content (AvgIpc) is 4.09. The highest BCUT2D eigenvalue weighted by Crippen LogP contribution is 2.42. The van der Waals surface area contributed by atoms with Gasteiger partial charge in [-0.1, -0.05) is 146 Å². The highest BCUT2D eigenvalue weighted by Gasteiger charge is 2.22. The van der Waals surface area contributed by atoms with E-state index in [0.717, 1.165) is 22.5 Å². The molecule has 0 unspecified atom stereocenters. The molecule has 0 spiro atoms. The van der Waals surface area contributed by atoms with E-state index in [1.165, 1.54) is 98.6 Å². The zero-order chi connectivity index (χ0) is 41.9. The summed E-state index contributed by atoms with van der Waals surface area (Å²) >= 11 is 0. The highest BCUT2D eigenvalue weighted by molar-refractivity contribution is 6.18. The van der Waals surface area contributed by atoms with Crippen molar-refractivity contribution in [3.8, 4) is 33.9 Å². The normalized spacial score (nSPS) is 12.1. The molecule has 0 aliphatic heterocycles. The van der Waals surface area contributed by atoms with E-state index >= 15 is 0 Å². The number of nitrogens with zero attached hydrogens (tertiary/aromatic N) is 4. The van der Waals surface area contributed by atoms with Crippen LogP contribution in [0.4, 0.5) is 0 Å². The molecule has 0 atom stereocenters. The molecule has 0 saturated carbocycles. The van der Waals surface area contributed by atoms with Crippen LogP contribution in [0.5, 0.6) is 0 Å². The van der Waals surface area contributed by atoms with Crippen LogP contribution in [0.15, 0.2) is 231 Å². The van der Waals surface area contributed by atoms with E-state index in [4.69, 9.17) is 0 Å². The Hall–Kier alpha value is -8.60. The zero-order valence-corrected chi connectivity index (χ0v) is 34.7. The molecule has 4 aromatic heterocycles. The molecule has 0 saturated heterocycles. The van der Waals surface area contributed by atoms with Crippen LogP contribution in [0.1, 0.15) is 0 Å². The van der Waals surface area contributed by atoms with Crippen molar-refractivity contribution < 1.29 is 0 Å². The Balaban J connectivity index is 0.944. The smallest absolute Gasteiger partial charge is 0.0562 e. The summed E-state index contributed by atoms with van der Waals surface area (Å²) in [5, 5.41) is 9.99. The van der Waals surface area contributed by atoms with Gasteiger partial charge in [0.2, 0.25) is 0 Å². The molecule has 4 nitrogen and oxygen atoms in total. The molecule has 4 heteroatoms. The minimum Gasteiger partial charge on any atom is -0.309 e. The number of hydrogen-bond acceptors (Lipinski definition) is 0. The number of rotatable bonds is 5. The largest absolute Gasteiger partial charge is 0.309 e. The second-order valence-corrected chi connectivity index (χ2v) is 16.9. The van der Waals surface area contributed by atoms with Crippen molar-refractivity contribution in [3.63, 3.8) is 0 Å². The van der Waals surface area contributed by atoms with E-state index in [9.17, 15) is 0 Å². The molecular weight excluding hydrogens is 777 g/mol. The van der Waals surface area contributed by atoms with Gasteiger partial charge >= 0.3 is 0 Å². The maximum absolute atomic E-state index is 2.45. The van der Waals surface area contributed by atoms with Gasteiger partial charge in [-0.15, -0.1) is 0 Å². The minimum absolute atomic E-state index is 1.13. The Morgan fingerprint density at radius 3 is 0.844 bits per heavy atom. The molecule has 14 aromatic rings. The fourth-order valence-corrected chi connectivity index (χ4v) is 10.9. The molecule has 10 aromatic carbocycles. The molecule has 64 heavy (non-hydrogen) atoms. The van der Waals surface area contributed by atoms with Crippen LogP contribution in [0.2, 0.25) is 0 Å². The second-order valence-electron chi connectivity index (χ2n) is 16.9. The fraction of sp³-hybridized carbons (Fsp3) is 0. The van der Waals surface area contributed by atoms with Gasteiger partial charge in [-0.2, -0.15) is 0 Å². The van der Waals surface area contributed by atoms with Crippen molar-refractivity contribution in [3.05, 3.63) is 231 Å². The maximum Gasteiger partial charge on any atom is 0.0562 e. The monoisotopic (exact) mass is 814 g/mol. The van der Waals surface area contributed by atoms with Gasteiger partial charge in [0.25, 0.3) is 0 Å². The Morgan fingerprint density at radius 2 is 0.484 bits per heavy atom. The van der Waals surface area contributed by atoms with Gasteiger partial charge in [0, 0.05) is 54.5 Å². The van der Waals surface area contributed by atoms with Gasteiger partial charge in [-0.25, -0.2) is 0 Å². The standard InChI is InChI=1S/C60H38N4/c1-7-27-49-43(21-1)44-22-2-8-28-50(44)63(49)57-35-15-33-55-59(57)47-25-5-11-31-53(47)61(55)41-19-13-17-39(37-41)40-18-14-20-42(38-40)62-54-32-12-6-26-48(54)60-56(62)34-16-36-58(60)64-51-29-9-3-23-45(51)46-24-4-10-30-52(46)64/h1-38H. The summed E-state index contributed by atoms with van der Waals surface area (Å²) in [5.41, 5.74) is 16.5. The van der Waals surface area contributed by atoms with Crippen LogP contribution < -0.4 is 0 Å². The molecule has 0 N–H and O–H groups in total. The van der Waals surface area contributed by atoms with E-state index in [2.05, 4.69) is 249 Å². The average molecular weight is 815 g/mol. The van der Waals surface area contributed by atoms with Crippen LogP contribution >= 0.6 is 0 Å². The lowest BCUT2D eigenvalue weighted by molar-refractivity contribution is 1.16. The van der Waals surface area contributed by atoms with Gasteiger partial charge in [0.1, 0.15) is 0 Å². The van der Waals surface area contributed by atoms with Crippen molar-refractivity contribution in [2.24, 2.45) is 0 Å². The SMILES string of the molecule is c1cc(-c2cccc(-n3c4ccccc4c4c(-n5c6ccccc6c6ccccc65)cccc43)c2)cc(-n2c3ccccc3c3c(-n4c5ccccc5c5ccccc54)cccc32)c1. The first kappa shape index (κ1) is 35.0. The molecular formula is C60H38N4. The van der Waals surface area contributed by atoms with E-state index in [-0.39, 0.29) is 0 Å².